The van der Waals surface area contributed by atoms with E-state index in [1.807, 2.05) is 18.2 Å². The Morgan fingerprint density at radius 1 is 1.18 bits per heavy atom. The van der Waals surface area contributed by atoms with Gasteiger partial charge in [-0.1, -0.05) is 35.9 Å². The van der Waals surface area contributed by atoms with E-state index in [1.165, 1.54) is 5.56 Å². The molecule has 6 heteroatoms. The molecule has 0 unspecified atom stereocenters. The molecule has 5 nitrogen and oxygen atoms in total. The Balaban J connectivity index is 1.26. The van der Waals surface area contributed by atoms with E-state index >= 15 is 0 Å². The van der Waals surface area contributed by atoms with E-state index in [2.05, 4.69) is 34.5 Å². The molecule has 2 saturated heterocycles. The molecule has 148 valence electrons. The van der Waals surface area contributed by atoms with Crippen LogP contribution in [-0.4, -0.2) is 44.2 Å². The largest absolute Gasteiger partial charge is 0.489 e. The number of nitrogens with one attached hydrogen (secondary N) is 1. The SMILES string of the molecule is CNC(=O)C1CN(Cc2ccc(OCc3ccc(C4COC4)c(Cl)c3)cc2)C1. The van der Waals surface area contributed by atoms with Gasteiger partial charge in [-0.25, -0.2) is 0 Å². The second kappa shape index (κ2) is 8.52. The van der Waals surface area contributed by atoms with Crippen LogP contribution >= 0.6 is 11.6 Å². The van der Waals surface area contributed by atoms with Crippen LogP contribution in [0.4, 0.5) is 0 Å². The zero-order chi connectivity index (χ0) is 19.5. The molecular weight excluding hydrogens is 376 g/mol. The zero-order valence-corrected chi connectivity index (χ0v) is 16.7. The summed E-state index contributed by atoms with van der Waals surface area (Å²) >= 11 is 6.41. The van der Waals surface area contributed by atoms with Crippen LogP contribution < -0.4 is 10.1 Å². The minimum Gasteiger partial charge on any atom is -0.489 e. The average molecular weight is 401 g/mol. The van der Waals surface area contributed by atoms with Gasteiger partial charge in [-0.15, -0.1) is 0 Å². The number of carbonyl (C=O) groups excluding carboxylic acids is 1. The number of hydrogen-bond acceptors (Lipinski definition) is 4. The summed E-state index contributed by atoms with van der Waals surface area (Å²) in [6, 6.07) is 14.3. The summed E-state index contributed by atoms with van der Waals surface area (Å²) < 4.78 is 11.1. The van der Waals surface area contributed by atoms with Crippen LogP contribution in [0.2, 0.25) is 5.02 Å². The second-order valence-electron chi connectivity index (χ2n) is 7.53. The van der Waals surface area contributed by atoms with Gasteiger partial charge in [-0.3, -0.25) is 9.69 Å². The third-order valence-corrected chi connectivity index (χ3v) is 5.78. The predicted molar refractivity (Wildman–Crippen MR) is 109 cm³/mol. The van der Waals surface area contributed by atoms with Crippen LogP contribution in [0.3, 0.4) is 0 Å². The lowest BCUT2D eigenvalue weighted by Gasteiger charge is -2.38. The zero-order valence-electron chi connectivity index (χ0n) is 16.0. The molecule has 2 heterocycles. The Morgan fingerprint density at radius 3 is 2.50 bits per heavy atom. The molecule has 2 aliphatic rings. The number of halogens is 1. The maximum atomic E-state index is 11.5. The van der Waals surface area contributed by atoms with Crippen LogP contribution in [0, 0.1) is 5.92 Å². The van der Waals surface area contributed by atoms with E-state index in [1.54, 1.807) is 7.05 Å². The second-order valence-corrected chi connectivity index (χ2v) is 7.94. The molecule has 2 aliphatic heterocycles. The molecule has 2 aromatic carbocycles. The fourth-order valence-corrected chi connectivity index (χ4v) is 3.95. The summed E-state index contributed by atoms with van der Waals surface area (Å²) in [6.45, 7) is 4.50. The van der Waals surface area contributed by atoms with Gasteiger partial charge in [0.25, 0.3) is 0 Å². The fraction of sp³-hybridized carbons (Fsp3) is 0.409. The topological polar surface area (TPSA) is 50.8 Å². The average Bonchev–Trinajstić information content (AvgIpc) is 2.63. The van der Waals surface area contributed by atoms with Gasteiger partial charge < -0.3 is 14.8 Å². The Hall–Kier alpha value is -2.08. The van der Waals surface area contributed by atoms with Gasteiger partial charge in [0.1, 0.15) is 12.4 Å². The van der Waals surface area contributed by atoms with Crippen LogP contribution in [0.25, 0.3) is 0 Å². The first kappa shape index (κ1) is 19.2. The molecule has 0 saturated carbocycles. The van der Waals surface area contributed by atoms with Gasteiger partial charge in [0.05, 0.1) is 19.1 Å². The summed E-state index contributed by atoms with van der Waals surface area (Å²) in [6.07, 6.45) is 0. The molecule has 28 heavy (non-hydrogen) atoms. The first-order valence-electron chi connectivity index (χ1n) is 9.64. The van der Waals surface area contributed by atoms with Gasteiger partial charge >= 0.3 is 0 Å². The first-order valence-corrected chi connectivity index (χ1v) is 10.0. The maximum Gasteiger partial charge on any atom is 0.225 e. The highest BCUT2D eigenvalue weighted by atomic mass is 35.5. The lowest BCUT2D eigenvalue weighted by atomic mass is 9.96. The molecular formula is C22H25ClN2O3. The summed E-state index contributed by atoms with van der Waals surface area (Å²) in [5.74, 6) is 1.52. The lowest BCUT2D eigenvalue weighted by molar-refractivity contribution is -0.129. The highest BCUT2D eigenvalue weighted by Gasteiger charge is 2.31. The van der Waals surface area contributed by atoms with Crippen molar-refractivity contribution < 1.29 is 14.3 Å². The summed E-state index contributed by atoms with van der Waals surface area (Å²) in [5.41, 5.74) is 3.43. The summed E-state index contributed by atoms with van der Waals surface area (Å²) in [5, 5.41) is 3.49. The van der Waals surface area contributed by atoms with Crippen molar-refractivity contribution in [1.29, 1.82) is 0 Å². The van der Waals surface area contributed by atoms with Gasteiger partial charge in [0, 0.05) is 37.6 Å². The molecule has 0 aromatic heterocycles. The van der Waals surface area contributed by atoms with Gasteiger partial charge in [0.2, 0.25) is 5.91 Å². The Kier molecular flexibility index (Phi) is 5.85. The Bertz CT molecular complexity index is 830. The third-order valence-electron chi connectivity index (χ3n) is 5.45. The third kappa shape index (κ3) is 4.32. The molecule has 0 radical (unpaired) electrons. The normalized spacial score (nSPS) is 17.6. The molecule has 0 atom stereocenters. The molecule has 0 aliphatic carbocycles. The van der Waals surface area contributed by atoms with Crippen molar-refractivity contribution in [3.8, 4) is 5.75 Å². The monoisotopic (exact) mass is 400 g/mol. The van der Waals surface area contributed by atoms with Crippen LogP contribution in [0.5, 0.6) is 5.75 Å². The highest BCUT2D eigenvalue weighted by molar-refractivity contribution is 6.31. The smallest absolute Gasteiger partial charge is 0.225 e. The standard InChI is InChI=1S/C22H25ClN2O3/c1-24-22(26)17-10-25(11-17)9-15-2-5-19(6-3-15)28-12-16-4-7-20(21(23)8-16)18-13-27-14-18/h2-8,17-18H,9-14H2,1H3,(H,24,26). The van der Waals surface area contributed by atoms with Crippen LogP contribution in [0.1, 0.15) is 22.6 Å². The number of ether oxygens (including phenoxy) is 2. The summed E-state index contributed by atoms with van der Waals surface area (Å²) in [4.78, 5) is 13.8. The highest BCUT2D eigenvalue weighted by Crippen LogP contribution is 2.31. The van der Waals surface area contributed by atoms with Gasteiger partial charge in [0.15, 0.2) is 0 Å². The van der Waals surface area contributed by atoms with E-state index < -0.39 is 0 Å². The number of amides is 1. The number of carbonyl (C=O) groups is 1. The van der Waals surface area contributed by atoms with Crippen molar-refractivity contribution in [3.63, 3.8) is 0 Å². The minimum atomic E-state index is 0.127. The van der Waals surface area contributed by atoms with E-state index in [4.69, 9.17) is 21.1 Å². The molecule has 1 N–H and O–H groups in total. The van der Waals surface area contributed by atoms with Crippen molar-refractivity contribution in [3.05, 3.63) is 64.2 Å². The maximum absolute atomic E-state index is 11.5. The van der Waals surface area contributed by atoms with E-state index in [0.717, 1.165) is 54.7 Å². The Morgan fingerprint density at radius 2 is 1.89 bits per heavy atom. The van der Waals surface area contributed by atoms with Crippen LogP contribution in [-0.2, 0) is 22.7 Å². The van der Waals surface area contributed by atoms with Crippen molar-refractivity contribution in [1.82, 2.24) is 10.2 Å². The molecule has 1 amide bonds. The van der Waals surface area contributed by atoms with Crippen molar-refractivity contribution in [2.45, 2.75) is 19.1 Å². The van der Waals surface area contributed by atoms with Crippen LogP contribution in [0.15, 0.2) is 42.5 Å². The molecule has 2 aromatic rings. The number of likely N-dealkylation sites (tertiary alicyclic amines) is 1. The molecule has 4 rings (SSSR count). The Labute approximate surface area is 170 Å². The molecule has 0 bridgehead atoms. The molecule has 2 fully saturated rings. The van der Waals surface area contributed by atoms with Gasteiger partial charge in [-0.2, -0.15) is 0 Å². The minimum absolute atomic E-state index is 0.127. The van der Waals surface area contributed by atoms with Crippen molar-refractivity contribution in [2.24, 2.45) is 5.92 Å². The fourth-order valence-electron chi connectivity index (χ4n) is 3.59. The van der Waals surface area contributed by atoms with E-state index in [0.29, 0.717) is 12.5 Å². The van der Waals surface area contributed by atoms with Crippen molar-refractivity contribution >= 4 is 17.5 Å². The summed E-state index contributed by atoms with van der Waals surface area (Å²) in [7, 11) is 1.69. The molecule has 0 spiro atoms. The lowest BCUT2D eigenvalue weighted by Crippen LogP contribution is -2.52. The number of nitrogens with zero attached hydrogens (tertiary/aromatic N) is 1. The number of rotatable bonds is 7. The number of hydrogen-bond donors (Lipinski definition) is 1. The number of benzene rings is 2. The quantitative estimate of drug-likeness (QED) is 0.775. The van der Waals surface area contributed by atoms with Gasteiger partial charge in [-0.05, 0) is 34.9 Å². The van der Waals surface area contributed by atoms with E-state index in [-0.39, 0.29) is 11.8 Å². The predicted octanol–water partition coefficient (Wildman–Crippen LogP) is 3.21. The van der Waals surface area contributed by atoms with Crippen molar-refractivity contribution in [2.75, 3.05) is 33.4 Å². The van der Waals surface area contributed by atoms with E-state index in [9.17, 15) is 4.79 Å². The first-order chi connectivity index (χ1) is 13.6.